The van der Waals surface area contributed by atoms with E-state index in [1.54, 1.807) is 0 Å². The van der Waals surface area contributed by atoms with E-state index in [0.717, 1.165) is 12.8 Å². The molecule has 0 aromatic carbocycles. The average molecular weight is 185 g/mol. The fraction of sp³-hybridized carbons (Fsp3) is 0.909. The summed E-state index contributed by atoms with van der Waals surface area (Å²) in [6.45, 7) is 9.89. The second-order valence-electron chi connectivity index (χ2n) is 5.07. The average Bonchev–Trinajstić information content (AvgIpc) is 1.96. The highest BCUT2D eigenvalue weighted by Crippen LogP contribution is 2.22. The Morgan fingerprint density at radius 1 is 1.23 bits per heavy atom. The van der Waals surface area contributed by atoms with E-state index in [1.807, 2.05) is 34.6 Å². The number of Topliss-reactive ketones (excluding diaryl/α,β-unsaturated/α-hetero) is 1. The maximum absolute atomic E-state index is 11.7. The molecule has 0 radical (unpaired) electrons. The van der Waals surface area contributed by atoms with Crippen molar-refractivity contribution in [3.63, 3.8) is 0 Å². The summed E-state index contributed by atoms with van der Waals surface area (Å²) in [5.74, 6) is 0.485. The van der Waals surface area contributed by atoms with Crippen LogP contribution in [0.1, 0.15) is 47.5 Å². The molecule has 0 fully saturated rings. The number of carbonyl (C=O) groups is 1. The standard InChI is InChI=1S/C11H23NO/c1-8(6-7-9(2)12)10(13)11(3,4)5/h8-9H,6-7,12H2,1-5H3. The van der Waals surface area contributed by atoms with E-state index >= 15 is 0 Å². The van der Waals surface area contributed by atoms with Gasteiger partial charge in [-0.3, -0.25) is 4.79 Å². The number of rotatable bonds is 4. The Hall–Kier alpha value is -0.370. The predicted molar refractivity (Wildman–Crippen MR) is 56.5 cm³/mol. The van der Waals surface area contributed by atoms with E-state index in [4.69, 9.17) is 5.73 Å². The van der Waals surface area contributed by atoms with Crippen LogP contribution in [0.4, 0.5) is 0 Å². The number of ketones is 1. The molecular weight excluding hydrogens is 162 g/mol. The molecule has 0 aromatic rings. The van der Waals surface area contributed by atoms with Gasteiger partial charge in [0.05, 0.1) is 0 Å². The van der Waals surface area contributed by atoms with Crippen LogP contribution in [0.5, 0.6) is 0 Å². The molecule has 2 nitrogen and oxygen atoms in total. The van der Waals surface area contributed by atoms with Gasteiger partial charge < -0.3 is 5.73 Å². The van der Waals surface area contributed by atoms with Crippen LogP contribution >= 0.6 is 0 Å². The Morgan fingerprint density at radius 2 is 1.69 bits per heavy atom. The third-order valence-electron chi connectivity index (χ3n) is 2.24. The number of nitrogens with two attached hydrogens (primary N) is 1. The number of hydrogen-bond acceptors (Lipinski definition) is 2. The van der Waals surface area contributed by atoms with Crippen molar-refractivity contribution in [2.75, 3.05) is 0 Å². The van der Waals surface area contributed by atoms with E-state index in [-0.39, 0.29) is 17.4 Å². The highest BCUT2D eigenvalue weighted by atomic mass is 16.1. The summed E-state index contributed by atoms with van der Waals surface area (Å²) in [4.78, 5) is 11.7. The quantitative estimate of drug-likeness (QED) is 0.730. The fourth-order valence-electron chi connectivity index (χ4n) is 1.38. The van der Waals surface area contributed by atoms with Gasteiger partial charge in [0, 0.05) is 17.4 Å². The first kappa shape index (κ1) is 12.6. The molecule has 2 N–H and O–H groups in total. The van der Waals surface area contributed by atoms with E-state index < -0.39 is 0 Å². The first-order valence-corrected chi connectivity index (χ1v) is 5.05. The van der Waals surface area contributed by atoms with Crippen LogP contribution in [-0.4, -0.2) is 11.8 Å². The van der Waals surface area contributed by atoms with E-state index in [2.05, 4.69) is 0 Å². The minimum absolute atomic E-state index is 0.144. The lowest BCUT2D eigenvalue weighted by Crippen LogP contribution is -2.28. The van der Waals surface area contributed by atoms with Gasteiger partial charge in [0.25, 0.3) is 0 Å². The van der Waals surface area contributed by atoms with Gasteiger partial charge in [0.2, 0.25) is 0 Å². The van der Waals surface area contributed by atoms with Crippen LogP contribution in [0.2, 0.25) is 0 Å². The second-order valence-corrected chi connectivity index (χ2v) is 5.07. The minimum Gasteiger partial charge on any atom is -0.328 e. The van der Waals surface area contributed by atoms with Crippen molar-refractivity contribution in [2.24, 2.45) is 17.1 Å². The van der Waals surface area contributed by atoms with Crippen molar-refractivity contribution < 1.29 is 4.79 Å². The molecule has 0 heterocycles. The first-order chi connectivity index (χ1) is 5.75. The Bertz CT molecular complexity index is 167. The molecule has 0 aliphatic heterocycles. The minimum atomic E-state index is -0.211. The van der Waals surface area contributed by atoms with E-state index in [9.17, 15) is 4.79 Å². The molecular formula is C11H23NO. The largest absolute Gasteiger partial charge is 0.328 e. The Kier molecular flexibility index (Phi) is 4.62. The van der Waals surface area contributed by atoms with Gasteiger partial charge in [-0.15, -0.1) is 0 Å². The van der Waals surface area contributed by atoms with Crippen molar-refractivity contribution >= 4 is 5.78 Å². The van der Waals surface area contributed by atoms with Crippen molar-refractivity contribution in [3.8, 4) is 0 Å². The van der Waals surface area contributed by atoms with Crippen LogP contribution in [0.15, 0.2) is 0 Å². The lowest BCUT2D eigenvalue weighted by molar-refractivity contribution is -0.130. The second kappa shape index (κ2) is 4.75. The topological polar surface area (TPSA) is 43.1 Å². The van der Waals surface area contributed by atoms with E-state index in [0.29, 0.717) is 5.78 Å². The van der Waals surface area contributed by atoms with Crippen LogP contribution in [0.25, 0.3) is 0 Å². The Labute approximate surface area is 81.9 Å². The smallest absolute Gasteiger partial charge is 0.140 e. The maximum Gasteiger partial charge on any atom is 0.140 e. The summed E-state index contributed by atoms with van der Waals surface area (Å²) in [6, 6.07) is 0.204. The third-order valence-corrected chi connectivity index (χ3v) is 2.24. The van der Waals surface area contributed by atoms with Gasteiger partial charge in [0.15, 0.2) is 0 Å². The molecule has 2 atom stereocenters. The van der Waals surface area contributed by atoms with Crippen molar-refractivity contribution in [1.29, 1.82) is 0 Å². The molecule has 2 unspecified atom stereocenters. The molecule has 0 aliphatic carbocycles. The highest BCUT2D eigenvalue weighted by molar-refractivity contribution is 5.85. The molecule has 0 saturated heterocycles. The molecule has 0 bridgehead atoms. The van der Waals surface area contributed by atoms with Gasteiger partial charge >= 0.3 is 0 Å². The fourth-order valence-corrected chi connectivity index (χ4v) is 1.38. The zero-order valence-corrected chi connectivity index (χ0v) is 9.55. The zero-order valence-electron chi connectivity index (χ0n) is 9.55. The van der Waals surface area contributed by atoms with Crippen LogP contribution in [0, 0.1) is 11.3 Å². The Morgan fingerprint density at radius 3 is 2.00 bits per heavy atom. The Balaban J connectivity index is 3.98. The molecule has 0 saturated carbocycles. The molecule has 0 aliphatic rings. The van der Waals surface area contributed by atoms with Gasteiger partial charge in [-0.2, -0.15) is 0 Å². The summed E-state index contributed by atoms with van der Waals surface area (Å²) in [6.07, 6.45) is 1.84. The molecule has 0 aromatic heterocycles. The molecule has 2 heteroatoms. The zero-order chi connectivity index (χ0) is 10.6. The first-order valence-electron chi connectivity index (χ1n) is 5.05. The van der Waals surface area contributed by atoms with Gasteiger partial charge in [0.1, 0.15) is 5.78 Å². The van der Waals surface area contributed by atoms with E-state index in [1.165, 1.54) is 0 Å². The maximum atomic E-state index is 11.7. The summed E-state index contributed by atoms with van der Waals surface area (Å²) in [7, 11) is 0. The summed E-state index contributed by atoms with van der Waals surface area (Å²) in [5.41, 5.74) is 5.43. The van der Waals surface area contributed by atoms with Gasteiger partial charge in [-0.1, -0.05) is 27.7 Å². The SMILES string of the molecule is CC(N)CCC(C)C(=O)C(C)(C)C. The van der Waals surface area contributed by atoms with Crippen LogP contribution < -0.4 is 5.73 Å². The summed E-state index contributed by atoms with van der Waals surface area (Å²) < 4.78 is 0. The van der Waals surface area contributed by atoms with Crippen LogP contribution in [-0.2, 0) is 4.79 Å². The summed E-state index contributed by atoms with van der Waals surface area (Å²) in [5, 5.41) is 0. The highest BCUT2D eigenvalue weighted by Gasteiger charge is 2.26. The summed E-state index contributed by atoms with van der Waals surface area (Å²) >= 11 is 0. The lowest BCUT2D eigenvalue weighted by Gasteiger charge is -2.22. The van der Waals surface area contributed by atoms with Crippen molar-refractivity contribution in [1.82, 2.24) is 0 Å². The number of carbonyl (C=O) groups excluding carboxylic acids is 1. The normalized spacial score (nSPS) is 16.8. The third kappa shape index (κ3) is 5.04. The monoisotopic (exact) mass is 185 g/mol. The number of hydrogen-bond donors (Lipinski definition) is 1. The van der Waals surface area contributed by atoms with Gasteiger partial charge in [-0.25, -0.2) is 0 Å². The molecule has 78 valence electrons. The molecule has 0 rings (SSSR count). The van der Waals surface area contributed by atoms with Gasteiger partial charge in [-0.05, 0) is 19.8 Å². The van der Waals surface area contributed by atoms with Crippen molar-refractivity contribution in [2.45, 2.75) is 53.5 Å². The van der Waals surface area contributed by atoms with Crippen LogP contribution in [0.3, 0.4) is 0 Å². The molecule has 0 amide bonds. The van der Waals surface area contributed by atoms with Crippen molar-refractivity contribution in [3.05, 3.63) is 0 Å². The molecule has 13 heavy (non-hydrogen) atoms. The molecule has 0 spiro atoms. The lowest BCUT2D eigenvalue weighted by atomic mass is 9.82. The predicted octanol–water partition coefficient (Wildman–Crippen LogP) is 2.37.